The average molecular weight is 379 g/mol. The number of hydrogen-bond acceptors (Lipinski definition) is 5. The number of rotatable bonds is 3. The Morgan fingerprint density at radius 1 is 1.11 bits per heavy atom. The summed E-state index contributed by atoms with van der Waals surface area (Å²) in [6, 6.07) is 6.55. The van der Waals surface area contributed by atoms with Crippen molar-refractivity contribution in [1.82, 2.24) is 19.9 Å². The number of thiazole rings is 1. The Bertz CT molecular complexity index is 1000. The lowest BCUT2D eigenvalue weighted by Gasteiger charge is -2.31. The number of nitrogens with zero attached hydrogens (tertiary/aromatic N) is 4. The number of carbonyl (C=O) groups is 1. The Morgan fingerprint density at radius 3 is 2.63 bits per heavy atom. The van der Waals surface area contributed by atoms with Crippen molar-refractivity contribution in [2.24, 2.45) is 0 Å². The number of amides is 1. The van der Waals surface area contributed by atoms with Crippen LogP contribution < -0.4 is 0 Å². The molecule has 1 saturated heterocycles. The van der Waals surface area contributed by atoms with Gasteiger partial charge in [0.1, 0.15) is 5.69 Å². The molecule has 0 bridgehead atoms. The van der Waals surface area contributed by atoms with Crippen LogP contribution in [0.3, 0.4) is 0 Å². The highest BCUT2D eigenvalue weighted by atomic mass is 32.1. The van der Waals surface area contributed by atoms with Gasteiger partial charge >= 0.3 is 0 Å². The topological polar surface area (TPSA) is 59.0 Å². The predicted molar refractivity (Wildman–Crippen MR) is 106 cm³/mol. The van der Waals surface area contributed by atoms with Gasteiger partial charge in [0.15, 0.2) is 5.65 Å². The van der Waals surface area contributed by atoms with Gasteiger partial charge in [-0.2, -0.15) is 0 Å². The van der Waals surface area contributed by atoms with Gasteiger partial charge in [-0.1, -0.05) is 0 Å². The molecule has 2 aliphatic rings. The maximum atomic E-state index is 12.6. The number of aromatic nitrogens is 3. The molecule has 5 rings (SSSR count). The van der Waals surface area contributed by atoms with E-state index >= 15 is 0 Å². The van der Waals surface area contributed by atoms with Gasteiger partial charge in [0.05, 0.1) is 5.01 Å². The minimum Gasteiger partial charge on any atom is -0.337 e. The number of aryl methyl sites for hydroxylation is 1. The van der Waals surface area contributed by atoms with Crippen molar-refractivity contribution in [1.29, 1.82) is 0 Å². The minimum atomic E-state index is 0.0542. The zero-order valence-corrected chi connectivity index (χ0v) is 16.2. The first-order chi connectivity index (χ1) is 13.2. The molecule has 5 nitrogen and oxygen atoms in total. The molecule has 1 saturated carbocycles. The minimum absolute atomic E-state index is 0.0542. The lowest BCUT2D eigenvalue weighted by Crippen LogP contribution is -2.38. The second-order valence-corrected chi connectivity index (χ2v) is 8.71. The van der Waals surface area contributed by atoms with Crippen LogP contribution in [0.2, 0.25) is 0 Å². The zero-order valence-electron chi connectivity index (χ0n) is 15.4. The van der Waals surface area contributed by atoms with Crippen molar-refractivity contribution in [2.75, 3.05) is 13.1 Å². The van der Waals surface area contributed by atoms with E-state index in [4.69, 9.17) is 4.98 Å². The van der Waals surface area contributed by atoms with Crippen molar-refractivity contribution in [3.63, 3.8) is 0 Å². The molecular formula is C21H22N4OS. The highest BCUT2D eigenvalue weighted by Gasteiger charge is 2.27. The third kappa shape index (κ3) is 3.34. The summed E-state index contributed by atoms with van der Waals surface area (Å²) in [6.07, 6.45) is 6.45. The number of hydrogen-bond donors (Lipinski definition) is 0. The van der Waals surface area contributed by atoms with Crippen molar-refractivity contribution >= 4 is 28.3 Å². The van der Waals surface area contributed by atoms with E-state index in [2.05, 4.69) is 28.2 Å². The molecule has 6 heteroatoms. The molecule has 0 unspecified atom stereocenters. The van der Waals surface area contributed by atoms with Crippen LogP contribution in [0.1, 0.15) is 64.3 Å². The molecule has 4 heterocycles. The third-order valence-electron chi connectivity index (χ3n) is 5.67. The molecular weight excluding hydrogens is 356 g/mol. The fourth-order valence-electron chi connectivity index (χ4n) is 3.91. The standard InChI is InChI=1S/C21H22N4OS/c1-13-23-19(12-27-13)21(26)25-8-6-15(7-9-25)18-5-4-16-10-17(14-2-3-14)11-22-20(16)24-18/h4-5,10-12,14-15H,2-3,6-9H2,1H3. The number of piperidine rings is 1. The van der Waals surface area contributed by atoms with E-state index in [-0.39, 0.29) is 5.91 Å². The van der Waals surface area contributed by atoms with Gasteiger partial charge in [-0.3, -0.25) is 4.79 Å². The SMILES string of the molecule is Cc1nc(C(=O)N2CCC(c3ccc4cc(C5CC5)cnc4n3)CC2)cs1. The first-order valence-corrected chi connectivity index (χ1v) is 10.5. The quantitative estimate of drug-likeness (QED) is 0.682. The molecule has 1 aliphatic carbocycles. The van der Waals surface area contributed by atoms with E-state index in [0.29, 0.717) is 17.5 Å². The molecule has 1 amide bonds. The van der Waals surface area contributed by atoms with Crippen LogP contribution in [0.15, 0.2) is 29.8 Å². The van der Waals surface area contributed by atoms with Gasteiger partial charge in [-0.15, -0.1) is 11.3 Å². The van der Waals surface area contributed by atoms with Crippen LogP contribution in [-0.2, 0) is 0 Å². The van der Waals surface area contributed by atoms with Crippen molar-refractivity contribution in [3.8, 4) is 0 Å². The monoisotopic (exact) mass is 378 g/mol. The van der Waals surface area contributed by atoms with Crippen LogP contribution in [-0.4, -0.2) is 38.8 Å². The largest absolute Gasteiger partial charge is 0.337 e. The van der Waals surface area contributed by atoms with Gasteiger partial charge in [-0.05, 0) is 62.3 Å². The highest BCUT2D eigenvalue weighted by molar-refractivity contribution is 7.09. The first kappa shape index (κ1) is 16.8. The van der Waals surface area contributed by atoms with Gasteiger partial charge in [0, 0.05) is 41.7 Å². The summed E-state index contributed by atoms with van der Waals surface area (Å²) in [4.78, 5) is 28.2. The Hall–Kier alpha value is -2.34. The van der Waals surface area contributed by atoms with Crippen LogP contribution >= 0.6 is 11.3 Å². The molecule has 3 aromatic rings. The van der Waals surface area contributed by atoms with E-state index in [0.717, 1.165) is 47.7 Å². The lowest BCUT2D eigenvalue weighted by atomic mass is 9.92. The maximum absolute atomic E-state index is 12.6. The number of likely N-dealkylation sites (tertiary alicyclic amines) is 1. The summed E-state index contributed by atoms with van der Waals surface area (Å²) in [5.74, 6) is 1.16. The molecule has 1 aliphatic heterocycles. The lowest BCUT2D eigenvalue weighted by molar-refractivity contribution is 0.0707. The second-order valence-electron chi connectivity index (χ2n) is 7.64. The Morgan fingerprint density at radius 2 is 1.93 bits per heavy atom. The highest BCUT2D eigenvalue weighted by Crippen LogP contribution is 2.40. The zero-order chi connectivity index (χ0) is 18.4. The summed E-state index contributed by atoms with van der Waals surface area (Å²) < 4.78 is 0. The number of carbonyl (C=O) groups excluding carboxylic acids is 1. The number of fused-ring (bicyclic) bond motifs is 1. The summed E-state index contributed by atoms with van der Waals surface area (Å²) in [5, 5.41) is 3.93. The Kier molecular flexibility index (Phi) is 4.16. The van der Waals surface area contributed by atoms with Crippen molar-refractivity contribution in [2.45, 2.75) is 44.4 Å². The summed E-state index contributed by atoms with van der Waals surface area (Å²) >= 11 is 1.53. The smallest absolute Gasteiger partial charge is 0.273 e. The Balaban J connectivity index is 1.28. The molecule has 0 atom stereocenters. The van der Waals surface area contributed by atoms with E-state index < -0.39 is 0 Å². The van der Waals surface area contributed by atoms with Gasteiger partial charge in [-0.25, -0.2) is 15.0 Å². The van der Waals surface area contributed by atoms with Crippen molar-refractivity contribution < 1.29 is 4.79 Å². The van der Waals surface area contributed by atoms with Crippen molar-refractivity contribution in [3.05, 3.63) is 51.7 Å². The van der Waals surface area contributed by atoms with Crippen LogP contribution in [0.4, 0.5) is 0 Å². The molecule has 0 N–H and O–H groups in total. The molecule has 3 aromatic heterocycles. The summed E-state index contributed by atoms with van der Waals surface area (Å²) in [6.45, 7) is 3.45. The molecule has 138 valence electrons. The van der Waals surface area contributed by atoms with E-state index in [1.54, 1.807) is 0 Å². The molecule has 0 spiro atoms. The molecule has 0 aromatic carbocycles. The van der Waals surface area contributed by atoms with E-state index in [1.807, 2.05) is 23.4 Å². The first-order valence-electron chi connectivity index (χ1n) is 9.65. The molecule has 2 fully saturated rings. The number of pyridine rings is 2. The van der Waals surface area contributed by atoms with Crippen LogP contribution in [0.5, 0.6) is 0 Å². The third-order valence-corrected chi connectivity index (χ3v) is 6.45. The fraction of sp³-hybridized carbons (Fsp3) is 0.429. The predicted octanol–water partition coefficient (Wildman–Crippen LogP) is 4.29. The van der Waals surface area contributed by atoms with Crippen LogP contribution in [0, 0.1) is 6.92 Å². The van der Waals surface area contributed by atoms with Gasteiger partial charge in [0.2, 0.25) is 0 Å². The van der Waals surface area contributed by atoms with E-state index in [1.165, 1.54) is 29.7 Å². The molecule has 27 heavy (non-hydrogen) atoms. The van der Waals surface area contributed by atoms with Gasteiger partial charge in [0.25, 0.3) is 5.91 Å². The Labute approximate surface area is 162 Å². The maximum Gasteiger partial charge on any atom is 0.273 e. The molecule has 0 radical (unpaired) electrons. The fourth-order valence-corrected chi connectivity index (χ4v) is 4.50. The second kappa shape index (κ2) is 6.68. The average Bonchev–Trinajstić information content (AvgIpc) is 3.47. The van der Waals surface area contributed by atoms with Crippen LogP contribution in [0.25, 0.3) is 11.0 Å². The van der Waals surface area contributed by atoms with Gasteiger partial charge < -0.3 is 4.90 Å². The van der Waals surface area contributed by atoms with E-state index in [9.17, 15) is 4.79 Å². The normalized spacial score (nSPS) is 18.2. The summed E-state index contributed by atoms with van der Waals surface area (Å²) in [5.41, 5.74) is 3.87. The summed E-state index contributed by atoms with van der Waals surface area (Å²) in [7, 11) is 0.